The molecule has 1 amide bonds. The zero-order chi connectivity index (χ0) is 24.1. The van der Waals surface area contributed by atoms with Gasteiger partial charge in [-0.05, 0) is 68.4 Å². The summed E-state index contributed by atoms with van der Waals surface area (Å²) < 4.78 is 5.54. The number of Topliss-reactive ketones (excluding diaryl/α,β-unsaturated/α-hetero) is 1. The molecule has 33 heavy (non-hydrogen) atoms. The normalized spacial score (nSPS) is 17.8. The number of ether oxygens (including phenoxy) is 1. The molecule has 176 valence electrons. The van der Waals surface area contributed by atoms with E-state index in [2.05, 4.69) is 18.7 Å². The first-order valence-corrected chi connectivity index (χ1v) is 11.7. The van der Waals surface area contributed by atoms with Crippen molar-refractivity contribution in [2.75, 3.05) is 32.8 Å². The molecule has 7 heteroatoms. The van der Waals surface area contributed by atoms with Crippen molar-refractivity contribution in [3.05, 3.63) is 69.8 Å². The second-order valence-electron chi connectivity index (χ2n) is 7.98. The van der Waals surface area contributed by atoms with Crippen molar-refractivity contribution in [3.8, 4) is 5.75 Å². The molecule has 1 N–H and O–H groups in total. The lowest BCUT2D eigenvalue weighted by Gasteiger charge is -2.28. The first-order valence-electron chi connectivity index (χ1n) is 11.3. The van der Waals surface area contributed by atoms with Gasteiger partial charge >= 0.3 is 0 Å². The Kier molecular flexibility index (Phi) is 8.16. The average Bonchev–Trinajstić information content (AvgIpc) is 3.05. The van der Waals surface area contributed by atoms with Gasteiger partial charge in [-0.2, -0.15) is 0 Å². The van der Waals surface area contributed by atoms with Crippen molar-refractivity contribution >= 4 is 29.1 Å². The van der Waals surface area contributed by atoms with Crippen molar-refractivity contribution in [1.82, 2.24) is 9.80 Å². The van der Waals surface area contributed by atoms with Crippen LogP contribution in [-0.4, -0.2) is 59.4 Å². The number of hydrogen-bond acceptors (Lipinski definition) is 5. The second kappa shape index (κ2) is 10.9. The number of ketones is 1. The van der Waals surface area contributed by atoms with Crippen molar-refractivity contribution < 1.29 is 19.4 Å². The molecule has 0 bridgehead atoms. The zero-order valence-electron chi connectivity index (χ0n) is 19.6. The second-order valence-corrected chi connectivity index (χ2v) is 8.42. The van der Waals surface area contributed by atoms with Gasteiger partial charge in [0, 0.05) is 23.7 Å². The van der Waals surface area contributed by atoms with E-state index in [9.17, 15) is 14.7 Å². The number of likely N-dealkylation sites (tertiary alicyclic amines) is 1. The van der Waals surface area contributed by atoms with Gasteiger partial charge in [0.1, 0.15) is 11.5 Å². The summed E-state index contributed by atoms with van der Waals surface area (Å²) in [5.41, 5.74) is 2.07. The number of amides is 1. The Labute approximate surface area is 200 Å². The Hall–Kier alpha value is -2.83. The first-order chi connectivity index (χ1) is 15.8. The predicted octanol–water partition coefficient (Wildman–Crippen LogP) is 4.81. The number of carbonyl (C=O) groups is 2. The minimum Gasteiger partial charge on any atom is -0.507 e. The van der Waals surface area contributed by atoms with E-state index in [1.165, 1.54) is 0 Å². The fraction of sp³-hybridized carbons (Fsp3) is 0.385. The summed E-state index contributed by atoms with van der Waals surface area (Å²) in [5.74, 6) is -0.785. The number of halogens is 1. The van der Waals surface area contributed by atoms with Crippen LogP contribution >= 0.6 is 11.6 Å². The van der Waals surface area contributed by atoms with Crippen molar-refractivity contribution in [2.24, 2.45) is 0 Å². The Morgan fingerprint density at radius 3 is 2.33 bits per heavy atom. The van der Waals surface area contributed by atoms with Gasteiger partial charge in [-0.1, -0.05) is 37.6 Å². The molecule has 0 radical (unpaired) electrons. The number of rotatable bonds is 9. The largest absolute Gasteiger partial charge is 0.507 e. The molecule has 1 fully saturated rings. The molecule has 1 aliphatic rings. The van der Waals surface area contributed by atoms with E-state index >= 15 is 0 Å². The predicted molar refractivity (Wildman–Crippen MR) is 131 cm³/mol. The maximum atomic E-state index is 13.2. The third kappa shape index (κ3) is 5.23. The van der Waals surface area contributed by atoms with Crippen molar-refractivity contribution in [3.63, 3.8) is 0 Å². The molecular formula is C26H31ClN2O4. The van der Waals surface area contributed by atoms with E-state index in [0.717, 1.165) is 24.2 Å². The highest BCUT2D eigenvalue weighted by molar-refractivity contribution is 6.46. The standard InChI is InChI=1S/C26H31ClN2O4/c1-5-28(6-2)14-15-29-23(18-8-10-19(27)11-9-18)22(25(31)26(29)32)24(30)21-13-12-20(33-7-3)16-17(21)4/h8-13,16,23,30H,5-7,14-15H2,1-4H3/t23-/m0/s1. The highest BCUT2D eigenvalue weighted by Crippen LogP contribution is 2.40. The number of benzene rings is 2. The Morgan fingerprint density at radius 2 is 1.76 bits per heavy atom. The van der Waals surface area contributed by atoms with Gasteiger partial charge in [0.2, 0.25) is 0 Å². The van der Waals surface area contributed by atoms with Crippen LogP contribution in [0.5, 0.6) is 5.75 Å². The van der Waals surface area contributed by atoms with Crippen molar-refractivity contribution in [2.45, 2.75) is 33.7 Å². The van der Waals surface area contributed by atoms with Gasteiger partial charge in [-0.15, -0.1) is 0 Å². The molecule has 3 rings (SSSR count). The molecule has 0 unspecified atom stereocenters. The molecule has 0 spiro atoms. The Balaban J connectivity index is 2.10. The number of hydrogen-bond donors (Lipinski definition) is 1. The Bertz CT molecular complexity index is 1040. The highest BCUT2D eigenvalue weighted by atomic mass is 35.5. The summed E-state index contributed by atoms with van der Waals surface area (Å²) in [6.45, 7) is 11.1. The molecular weight excluding hydrogens is 440 g/mol. The van der Waals surface area contributed by atoms with E-state index in [1.807, 2.05) is 19.9 Å². The van der Waals surface area contributed by atoms with Crippen LogP contribution in [0.15, 0.2) is 48.0 Å². The molecule has 1 aliphatic heterocycles. The van der Waals surface area contributed by atoms with Crippen molar-refractivity contribution in [1.29, 1.82) is 0 Å². The highest BCUT2D eigenvalue weighted by Gasteiger charge is 2.46. The monoisotopic (exact) mass is 470 g/mol. The molecule has 2 aromatic carbocycles. The van der Waals surface area contributed by atoms with E-state index in [4.69, 9.17) is 16.3 Å². The van der Waals surface area contributed by atoms with Crippen LogP contribution in [0.2, 0.25) is 5.02 Å². The van der Waals surface area contributed by atoms with E-state index in [1.54, 1.807) is 41.3 Å². The number of aliphatic hydroxyl groups excluding tert-OH is 1. The van der Waals surface area contributed by atoms with E-state index in [-0.39, 0.29) is 11.3 Å². The number of likely N-dealkylation sites (N-methyl/N-ethyl adjacent to an activating group) is 1. The lowest BCUT2D eigenvalue weighted by molar-refractivity contribution is -0.140. The minimum atomic E-state index is -0.691. The van der Waals surface area contributed by atoms with Gasteiger partial charge in [-0.25, -0.2) is 0 Å². The van der Waals surface area contributed by atoms with Gasteiger partial charge in [0.05, 0.1) is 18.2 Å². The van der Waals surface area contributed by atoms with E-state index in [0.29, 0.717) is 36.0 Å². The smallest absolute Gasteiger partial charge is 0.295 e. The number of carbonyl (C=O) groups excluding carboxylic acids is 2. The third-order valence-corrected chi connectivity index (χ3v) is 6.29. The first kappa shape index (κ1) is 24.8. The lowest BCUT2D eigenvalue weighted by atomic mass is 9.94. The number of aryl methyl sites for hydroxylation is 1. The van der Waals surface area contributed by atoms with Crippen LogP contribution in [0, 0.1) is 6.92 Å². The molecule has 0 aromatic heterocycles. The van der Waals surface area contributed by atoms with E-state index < -0.39 is 17.7 Å². The van der Waals surface area contributed by atoms with Crippen LogP contribution in [0.3, 0.4) is 0 Å². The summed E-state index contributed by atoms with van der Waals surface area (Å²) in [6, 6.07) is 11.6. The zero-order valence-corrected chi connectivity index (χ0v) is 20.4. The van der Waals surface area contributed by atoms with Gasteiger partial charge < -0.3 is 19.6 Å². The average molecular weight is 471 g/mol. The minimum absolute atomic E-state index is 0.0918. The topological polar surface area (TPSA) is 70.1 Å². The molecule has 0 aliphatic carbocycles. The number of aliphatic hydroxyl groups is 1. The molecule has 1 heterocycles. The SMILES string of the molecule is CCOc1ccc(C(O)=C2C(=O)C(=O)N(CCN(CC)CC)[C@H]2c2ccc(Cl)cc2)c(C)c1. The van der Waals surface area contributed by atoms with Crippen LogP contribution in [-0.2, 0) is 9.59 Å². The third-order valence-electron chi connectivity index (χ3n) is 6.04. The molecule has 6 nitrogen and oxygen atoms in total. The van der Waals surface area contributed by atoms with Crippen LogP contribution in [0.1, 0.15) is 43.5 Å². The fourth-order valence-electron chi connectivity index (χ4n) is 4.19. The maximum Gasteiger partial charge on any atom is 0.295 e. The van der Waals surface area contributed by atoms with Crippen LogP contribution in [0.4, 0.5) is 0 Å². The molecule has 1 saturated heterocycles. The summed E-state index contributed by atoms with van der Waals surface area (Å²) in [4.78, 5) is 30.0. The molecule has 2 aromatic rings. The summed E-state index contributed by atoms with van der Waals surface area (Å²) >= 11 is 6.08. The van der Waals surface area contributed by atoms with Gasteiger partial charge in [0.25, 0.3) is 11.7 Å². The van der Waals surface area contributed by atoms with Crippen LogP contribution in [0.25, 0.3) is 5.76 Å². The number of nitrogens with zero attached hydrogens (tertiary/aromatic N) is 2. The summed E-state index contributed by atoms with van der Waals surface area (Å²) in [6.07, 6.45) is 0. The van der Waals surface area contributed by atoms with Crippen LogP contribution < -0.4 is 4.74 Å². The summed E-state index contributed by atoms with van der Waals surface area (Å²) in [5, 5.41) is 11.8. The summed E-state index contributed by atoms with van der Waals surface area (Å²) in [7, 11) is 0. The molecule has 1 atom stereocenters. The Morgan fingerprint density at radius 1 is 1.09 bits per heavy atom. The molecule has 0 saturated carbocycles. The quantitative estimate of drug-likeness (QED) is 0.323. The lowest BCUT2D eigenvalue weighted by Crippen LogP contribution is -2.38. The fourth-order valence-corrected chi connectivity index (χ4v) is 4.32. The maximum absolute atomic E-state index is 13.2. The van der Waals surface area contributed by atoms with Gasteiger partial charge in [-0.3, -0.25) is 9.59 Å². The van der Waals surface area contributed by atoms with Gasteiger partial charge in [0.15, 0.2) is 0 Å².